The van der Waals surface area contributed by atoms with Gasteiger partial charge in [0.15, 0.2) is 0 Å². The van der Waals surface area contributed by atoms with Crippen LogP contribution in [0.1, 0.15) is 25.7 Å². The van der Waals surface area contributed by atoms with E-state index in [0.29, 0.717) is 12.5 Å². The number of oxime groups is 1. The molecule has 1 atom stereocenters. The maximum absolute atomic E-state index is 11.2. The van der Waals surface area contributed by atoms with Crippen LogP contribution in [-0.4, -0.2) is 34.3 Å². The fraction of sp³-hybridized carbons (Fsp3) is 0.750. The molecule has 0 aromatic rings. The zero-order chi connectivity index (χ0) is 8.55. The van der Waals surface area contributed by atoms with Crippen LogP contribution in [0.2, 0.25) is 0 Å². The minimum atomic E-state index is 0.261. The van der Waals surface area contributed by atoms with Crippen molar-refractivity contribution < 1.29 is 10.0 Å². The Labute approximate surface area is 70.8 Å². The number of amides is 1. The lowest BCUT2D eigenvalue weighted by molar-refractivity contribution is -0.129. The minimum absolute atomic E-state index is 0.261. The van der Waals surface area contributed by atoms with E-state index in [9.17, 15) is 4.79 Å². The van der Waals surface area contributed by atoms with Crippen molar-refractivity contribution in [1.82, 2.24) is 4.90 Å². The highest BCUT2D eigenvalue weighted by Gasteiger charge is 2.34. The van der Waals surface area contributed by atoms with E-state index in [-0.39, 0.29) is 5.91 Å². The second kappa shape index (κ2) is 2.77. The Morgan fingerprint density at radius 1 is 1.50 bits per heavy atom. The SMILES string of the molecule is O=C1CCC2CC(=NO)CCN12. The summed E-state index contributed by atoms with van der Waals surface area (Å²) in [5, 5.41) is 11.8. The molecule has 12 heavy (non-hydrogen) atoms. The highest BCUT2D eigenvalue weighted by Crippen LogP contribution is 2.26. The van der Waals surface area contributed by atoms with Gasteiger partial charge in [0.25, 0.3) is 0 Å². The smallest absolute Gasteiger partial charge is 0.222 e. The first-order valence-corrected chi connectivity index (χ1v) is 4.30. The molecule has 2 saturated heterocycles. The summed E-state index contributed by atoms with van der Waals surface area (Å²) in [5.74, 6) is 0.261. The van der Waals surface area contributed by atoms with E-state index in [2.05, 4.69) is 5.16 Å². The maximum Gasteiger partial charge on any atom is 0.222 e. The van der Waals surface area contributed by atoms with Gasteiger partial charge in [-0.05, 0) is 6.42 Å². The molecule has 2 rings (SSSR count). The monoisotopic (exact) mass is 168 g/mol. The molecule has 0 aromatic heterocycles. The normalized spacial score (nSPS) is 32.7. The number of hydrogen-bond donors (Lipinski definition) is 1. The molecule has 1 unspecified atom stereocenters. The van der Waals surface area contributed by atoms with Crippen LogP contribution in [0.15, 0.2) is 5.16 Å². The van der Waals surface area contributed by atoms with Crippen LogP contribution in [0.25, 0.3) is 0 Å². The van der Waals surface area contributed by atoms with Crippen molar-refractivity contribution in [2.75, 3.05) is 6.54 Å². The van der Waals surface area contributed by atoms with Crippen molar-refractivity contribution in [3.63, 3.8) is 0 Å². The molecule has 4 nitrogen and oxygen atoms in total. The lowest BCUT2D eigenvalue weighted by atomic mass is 10.0. The molecule has 2 fully saturated rings. The molecule has 66 valence electrons. The zero-order valence-electron chi connectivity index (χ0n) is 6.86. The molecule has 2 aliphatic rings. The van der Waals surface area contributed by atoms with E-state index in [4.69, 9.17) is 5.21 Å². The Hall–Kier alpha value is -1.06. The van der Waals surface area contributed by atoms with Crippen molar-refractivity contribution in [1.29, 1.82) is 0 Å². The van der Waals surface area contributed by atoms with E-state index in [0.717, 1.165) is 31.5 Å². The molecule has 0 aromatic carbocycles. The summed E-state index contributed by atoms with van der Waals surface area (Å²) in [6.45, 7) is 0.739. The van der Waals surface area contributed by atoms with Gasteiger partial charge in [0, 0.05) is 31.8 Å². The quantitative estimate of drug-likeness (QED) is 0.425. The molecule has 0 aliphatic carbocycles. The van der Waals surface area contributed by atoms with Gasteiger partial charge in [0.05, 0.1) is 5.71 Å². The Balaban J connectivity index is 2.09. The summed E-state index contributed by atoms with van der Waals surface area (Å²) in [5.41, 5.74) is 0.839. The first-order valence-electron chi connectivity index (χ1n) is 4.30. The van der Waals surface area contributed by atoms with Crippen LogP contribution in [0.4, 0.5) is 0 Å². The van der Waals surface area contributed by atoms with Gasteiger partial charge in [0.2, 0.25) is 5.91 Å². The van der Waals surface area contributed by atoms with E-state index < -0.39 is 0 Å². The number of carbonyl (C=O) groups excluding carboxylic acids is 1. The minimum Gasteiger partial charge on any atom is -0.411 e. The van der Waals surface area contributed by atoms with E-state index in [1.807, 2.05) is 4.90 Å². The van der Waals surface area contributed by atoms with Crippen molar-refractivity contribution in [3.8, 4) is 0 Å². The van der Waals surface area contributed by atoms with Crippen LogP contribution < -0.4 is 0 Å². The average Bonchev–Trinajstić information content (AvgIpc) is 2.47. The molecule has 0 radical (unpaired) electrons. The van der Waals surface area contributed by atoms with Gasteiger partial charge in [0.1, 0.15) is 0 Å². The molecular weight excluding hydrogens is 156 g/mol. The van der Waals surface area contributed by atoms with Crippen LogP contribution in [0.3, 0.4) is 0 Å². The third-order valence-corrected chi connectivity index (χ3v) is 2.71. The molecule has 2 heterocycles. The number of piperidine rings is 1. The summed E-state index contributed by atoms with van der Waals surface area (Å²) < 4.78 is 0. The number of rotatable bonds is 0. The van der Waals surface area contributed by atoms with E-state index in [1.54, 1.807) is 0 Å². The summed E-state index contributed by atoms with van der Waals surface area (Å²) in [6.07, 6.45) is 3.10. The predicted molar refractivity (Wildman–Crippen MR) is 43.2 cm³/mol. The Morgan fingerprint density at radius 3 is 3.08 bits per heavy atom. The molecule has 4 heteroatoms. The molecule has 2 aliphatic heterocycles. The van der Waals surface area contributed by atoms with Gasteiger partial charge in [-0.2, -0.15) is 0 Å². The highest BCUT2D eigenvalue weighted by atomic mass is 16.4. The zero-order valence-corrected chi connectivity index (χ0v) is 6.86. The average molecular weight is 168 g/mol. The molecule has 0 spiro atoms. The lowest BCUT2D eigenvalue weighted by Gasteiger charge is -2.29. The molecule has 1 N–H and O–H groups in total. The number of nitrogens with zero attached hydrogens (tertiary/aromatic N) is 2. The van der Waals surface area contributed by atoms with E-state index in [1.165, 1.54) is 0 Å². The van der Waals surface area contributed by atoms with Crippen LogP contribution in [0.5, 0.6) is 0 Å². The summed E-state index contributed by atoms with van der Waals surface area (Å²) in [7, 11) is 0. The Bertz CT molecular complexity index is 237. The maximum atomic E-state index is 11.2. The second-order valence-electron chi connectivity index (χ2n) is 3.40. The topological polar surface area (TPSA) is 52.9 Å². The standard InChI is InChI=1S/C8H12N2O2/c11-8-2-1-7-5-6(9-12)3-4-10(7)8/h7,12H,1-5H2. The summed E-state index contributed by atoms with van der Waals surface area (Å²) in [4.78, 5) is 13.1. The van der Waals surface area contributed by atoms with Crippen molar-refractivity contribution in [2.24, 2.45) is 5.16 Å². The van der Waals surface area contributed by atoms with Crippen molar-refractivity contribution >= 4 is 11.6 Å². The molecule has 1 amide bonds. The van der Waals surface area contributed by atoms with Crippen LogP contribution in [-0.2, 0) is 4.79 Å². The van der Waals surface area contributed by atoms with Crippen LogP contribution in [0, 0.1) is 0 Å². The molecular formula is C8H12N2O2. The van der Waals surface area contributed by atoms with Gasteiger partial charge in [-0.1, -0.05) is 5.16 Å². The fourth-order valence-corrected chi connectivity index (χ4v) is 2.03. The lowest BCUT2D eigenvalue weighted by Crippen LogP contribution is -2.40. The number of hydrogen-bond acceptors (Lipinski definition) is 3. The summed E-state index contributed by atoms with van der Waals surface area (Å²) in [6, 6.07) is 0.317. The first-order chi connectivity index (χ1) is 5.81. The van der Waals surface area contributed by atoms with Gasteiger partial charge >= 0.3 is 0 Å². The van der Waals surface area contributed by atoms with Gasteiger partial charge in [-0.25, -0.2) is 0 Å². The van der Waals surface area contributed by atoms with Gasteiger partial charge in [-0.15, -0.1) is 0 Å². The van der Waals surface area contributed by atoms with E-state index >= 15 is 0 Å². The molecule has 0 saturated carbocycles. The van der Waals surface area contributed by atoms with Gasteiger partial charge < -0.3 is 10.1 Å². The third-order valence-electron chi connectivity index (χ3n) is 2.71. The molecule has 0 bridgehead atoms. The highest BCUT2D eigenvalue weighted by molar-refractivity contribution is 5.89. The van der Waals surface area contributed by atoms with Crippen LogP contribution >= 0.6 is 0 Å². The van der Waals surface area contributed by atoms with Crippen molar-refractivity contribution in [2.45, 2.75) is 31.7 Å². The second-order valence-corrected chi connectivity index (χ2v) is 3.40. The van der Waals surface area contributed by atoms with Gasteiger partial charge in [-0.3, -0.25) is 4.79 Å². The summed E-state index contributed by atoms with van der Waals surface area (Å²) >= 11 is 0. The number of carbonyl (C=O) groups is 1. The first kappa shape index (κ1) is 7.58. The fourth-order valence-electron chi connectivity index (χ4n) is 2.03. The predicted octanol–water partition coefficient (Wildman–Crippen LogP) is 0.601. The number of fused-ring (bicyclic) bond motifs is 1. The third kappa shape index (κ3) is 1.07. The Morgan fingerprint density at radius 2 is 2.33 bits per heavy atom. The van der Waals surface area contributed by atoms with Crippen molar-refractivity contribution in [3.05, 3.63) is 0 Å². The largest absolute Gasteiger partial charge is 0.411 e. The Kier molecular flexibility index (Phi) is 1.75.